The molecule has 0 aliphatic carbocycles. The zero-order valence-electron chi connectivity index (χ0n) is 19.9. The van der Waals surface area contributed by atoms with Gasteiger partial charge in [0.25, 0.3) is 0 Å². The summed E-state index contributed by atoms with van der Waals surface area (Å²) in [7, 11) is 0. The van der Waals surface area contributed by atoms with Gasteiger partial charge >= 0.3 is 6.18 Å². The Morgan fingerprint density at radius 1 is 0.694 bits per heavy atom. The molecule has 0 aliphatic rings. The number of rotatable bonds is 6. The summed E-state index contributed by atoms with van der Waals surface area (Å²) in [5.74, 6) is -2.15. The smallest absolute Gasteiger partial charge is 0.416 e. The SMILES string of the molecule is CC(C)(C)c1ccc(-c2nnc(-c3ccc(-c4ccc(C(=O)CC(=O)C(F)(F)F)cc4)cc3)o2)cc1. The molecule has 0 aliphatic heterocycles. The van der Waals surface area contributed by atoms with Crippen molar-refractivity contribution in [3.05, 3.63) is 83.9 Å². The highest BCUT2D eigenvalue weighted by Crippen LogP contribution is 2.29. The summed E-state index contributed by atoms with van der Waals surface area (Å²) >= 11 is 0. The van der Waals surface area contributed by atoms with Crippen molar-refractivity contribution in [2.45, 2.75) is 38.8 Å². The molecule has 184 valence electrons. The van der Waals surface area contributed by atoms with Crippen LogP contribution >= 0.6 is 0 Å². The lowest BCUT2D eigenvalue weighted by molar-refractivity contribution is -0.170. The molecule has 1 aromatic heterocycles. The van der Waals surface area contributed by atoms with Gasteiger partial charge in [0.1, 0.15) is 0 Å². The van der Waals surface area contributed by atoms with Crippen LogP contribution in [-0.2, 0) is 10.2 Å². The van der Waals surface area contributed by atoms with Gasteiger partial charge in [0.05, 0.1) is 6.42 Å². The number of carbonyl (C=O) groups excluding carboxylic acids is 2. The molecule has 0 spiro atoms. The lowest BCUT2D eigenvalue weighted by Gasteiger charge is -2.18. The van der Waals surface area contributed by atoms with Gasteiger partial charge in [0, 0.05) is 16.7 Å². The van der Waals surface area contributed by atoms with E-state index in [1.165, 1.54) is 17.7 Å². The predicted octanol–water partition coefficient (Wildman–Crippen LogP) is 7.07. The quantitative estimate of drug-likeness (QED) is 0.213. The minimum atomic E-state index is -5.02. The molecule has 0 bridgehead atoms. The van der Waals surface area contributed by atoms with Crippen LogP contribution in [0.4, 0.5) is 13.2 Å². The molecule has 0 atom stereocenters. The van der Waals surface area contributed by atoms with E-state index in [-0.39, 0.29) is 11.0 Å². The molecule has 4 rings (SSSR count). The Morgan fingerprint density at radius 2 is 1.11 bits per heavy atom. The topological polar surface area (TPSA) is 73.1 Å². The number of nitrogens with zero attached hydrogens (tertiary/aromatic N) is 2. The zero-order chi connectivity index (χ0) is 26.1. The minimum Gasteiger partial charge on any atom is -0.416 e. The number of hydrogen-bond acceptors (Lipinski definition) is 5. The fourth-order valence-corrected chi connectivity index (χ4v) is 3.57. The number of ketones is 2. The van der Waals surface area contributed by atoms with E-state index in [9.17, 15) is 22.8 Å². The van der Waals surface area contributed by atoms with Gasteiger partial charge in [-0.25, -0.2) is 0 Å². The Morgan fingerprint density at radius 3 is 1.56 bits per heavy atom. The highest BCUT2D eigenvalue weighted by molar-refractivity contribution is 6.09. The third-order valence-corrected chi connectivity index (χ3v) is 5.73. The lowest BCUT2D eigenvalue weighted by Crippen LogP contribution is -2.25. The van der Waals surface area contributed by atoms with Crippen LogP contribution in [0.5, 0.6) is 0 Å². The molecule has 0 fully saturated rings. The van der Waals surface area contributed by atoms with Crippen molar-refractivity contribution < 1.29 is 27.2 Å². The van der Waals surface area contributed by atoms with Crippen molar-refractivity contribution in [1.82, 2.24) is 10.2 Å². The number of carbonyl (C=O) groups is 2. The molecule has 0 unspecified atom stereocenters. The van der Waals surface area contributed by atoms with Crippen LogP contribution in [0.15, 0.2) is 77.2 Å². The van der Waals surface area contributed by atoms with E-state index in [1.54, 1.807) is 12.1 Å². The van der Waals surface area contributed by atoms with Crippen LogP contribution in [0, 0.1) is 0 Å². The second-order valence-electron chi connectivity index (χ2n) is 9.42. The third kappa shape index (κ3) is 5.59. The Hall–Kier alpha value is -4.07. The third-order valence-electron chi connectivity index (χ3n) is 5.73. The maximum atomic E-state index is 12.4. The van der Waals surface area contributed by atoms with Crippen molar-refractivity contribution in [3.8, 4) is 34.0 Å². The highest BCUT2D eigenvalue weighted by Gasteiger charge is 2.39. The maximum Gasteiger partial charge on any atom is 0.450 e. The molecule has 5 nitrogen and oxygen atoms in total. The number of hydrogen-bond donors (Lipinski definition) is 0. The summed E-state index contributed by atoms with van der Waals surface area (Å²) in [6, 6.07) is 21.3. The first-order valence-electron chi connectivity index (χ1n) is 11.2. The van der Waals surface area contributed by atoms with Gasteiger partial charge in [-0.05, 0) is 46.4 Å². The number of halogens is 3. The summed E-state index contributed by atoms with van der Waals surface area (Å²) < 4.78 is 43.0. The molecule has 0 amide bonds. The van der Waals surface area contributed by atoms with Gasteiger partial charge in [0.2, 0.25) is 17.6 Å². The second kappa shape index (κ2) is 9.53. The molecule has 3 aromatic carbocycles. The van der Waals surface area contributed by atoms with Crippen LogP contribution in [0.25, 0.3) is 34.0 Å². The fourth-order valence-electron chi connectivity index (χ4n) is 3.57. The summed E-state index contributed by atoms with van der Waals surface area (Å²) in [5, 5.41) is 8.30. The largest absolute Gasteiger partial charge is 0.450 e. The van der Waals surface area contributed by atoms with Crippen LogP contribution in [-0.4, -0.2) is 27.9 Å². The summed E-state index contributed by atoms with van der Waals surface area (Å²) in [5.41, 5.74) is 4.41. The molecule has 0 saturated heterocycles. The van der Waals surface area contributed by atoms with Gasteiger partial charge in [-0.15, -0.1) is 10.2 Å². The summed E-state index contributed by atoms with van der Waals surface area (Å²) in [4.78, 5) is 23.0. The number of Topliss-reactive ketones (excluding diaryl/α,β-unsaturated/α-hetero) is 2. The van der Waals surface area contributed by atoms with Crippen molar-refractivity contribution in [2.24, 2.45) is 0 Å². The maximum absolute atomic E-state index is 12.4. The number of benzene rings is 3. The Kier molecular flexibility index (Phi) is 6.63. The zero-order valence-corrected chi connectivity index (χ0v) is 19.9. The second-order valence-corrected chi connectivity index (χ2v) is 9.42. The molecule has 8 heteroatoms. The van der Waals surface area contributed by atoms with Crippen molar-refractivity contribution in [2.75, 3.05) is 0 Å². The monoisotopic (exact) mass is 492 g/mol. The first kappa shape index (κ1) is 25.0. The molecule has 1 heterocycles. The van der Waals surface area contributed by atoms with Crippen LogP contribution in [0.3, 0.4) is 0 Å². The summed E-state index contributed by atoms with van der Waals surface area (Å²) in [6.07, 6.45) is -6.22. The Bertz CT molecular complexity index is 1380. The molecule has 0 radical (unpaired) electrons. The number of aromatic nitrogens is 2. The molecular formula is C28H23F3N2O3. The van der Waals surface area contributed by atoms with Crippen molar-refractivity contribution >= 4 is 11.6 Å². The van der Waals surface area contributed by atoms with Crippen LogP contribution < -0.4 is 0 Å². The first-order chi connectivity index (χ1) is 16.9. The molecule has 4 aromatic rings. The van der Waals surface area contributed by atoms with E-state index in [0.29, 0.717) is 11.8 Å². The predicted molar refractivity (Wildman–Crippen MR) is 129 cm³/mol. The summed E-state index contributed by atoms with van der Waals surface area (Å²) in [6.45, 7) is 6.43. The van der Waals surface area contributed by atoms with Gasteiger partial charge < -0.3 is 4.42 Å². The average molecular weight is 492 g/mol. The van der Waals surface area contributed by atoms with E-state index in [0.717, 1.165) is 22.3 Å². The van der Waals surface area contributed by atoms with E-state index in [1.807, 2.05) is 48.5 Å². The van der Waals surface area contributed by atoms with Crippen molar-refractivity contribution in [1.29, 1.82) is 0 Å². The van der Waals surface area contributed by atoms with Gasteiger partial charge in [-0.1, -0.05) is 69.3 Å². The van der Waals surface area contributed by atoms with E-state index in [2.05, 4.69) is 31.0 Å². The average Bonchev–Trinajstić information content (AvgIpc) is 3.33. The normalized spacial score (nSPS) is 11.9. The van der Waals surface area contributed by atoms with Gasteiger partial charge in [-0.2, -0.15) is 13.2 Å². The molecular weight excluding hydrogens is 469 g/mol. The van der Waals surface area contributed by atoms with E-state index < -0.39 is 24.2 Å². The highest BCUT2D eigenvalue weighted by atomic mass is 19.4. The first-order valence-corrected chi connectivity index (χ1v) is 11.2. The van der Waals surface area contributed by atoms with E-state index in [4.69, 9.17) is 4.42 Å². The minimum absolute atomic E-state index is 0.0434. The van der Waals surface area contributed by atoms with Crippen molar-refractivity contribution in [3.63, 3.8) is 0 Å². The van der Waals surface area contributed by atoms with Crippen LogP contribution in [0.2, 0.25) is 0 Å². The lowest BCUT2D eigenvalue weighted by atomic mass is 9.87. The molecule has 36 heavy (non-hydrogen) atoms. The molecule has 0 N–H and O–H groups in total. The van der Waals surface area contributed by atoms with Crippen LogP contribution in [0.1, 0.15) is 43.1 Å². The molecule has 0 saturated carbocycles. The fraction of sp³-hybridized carbons (Fsp3) is 0.214. The standard InChI is InChI=1S/C28H23F3N2O3/c1-27(2,3)22-14-12-21(13-15-22)26-33-32-25(36-26)20-10-6-18(7-11-20)17-4-8-19(9-5-17)23(34)16-24(35)28(29,30)31/h4-15H,16H2,1-3H3. The van der Waals surface area contributed by atoms with Gasteiger partial charge in [-0.3, -0.25) is 9.59 Å². The number of alkyl halides is 3. The van der Waals surface area contributed by atoms with E-state index >= 15 is 0 Å². The Balaban J connectivity index is 1.46. The Labute approximate surface area is 206 Å². The van der Waals surface area contributed by atoms with Gasteiger partial charge in [0.15, 0.2) is 5.78 Å².